The number of nitrogens with zero attached hydrogens (tertiary/aromatic N) is 7. The second-order valence-corrected chi connectivity index (χ2v) is 9.75. The van der Waals surface area contributed by atoms with Gasteiger partial charge in [-0.05, 0) is 38.8 Å². The number of ether oxygens (including phenoxy) is 1. The number of methoxy groups -OCH3 is 1. The summed E-state index contributed by atoms with van der Waals surface area (Å²) in [5.41, 5.74) is 2.95. The quantitative estimate of drug-likeness (QED) is 0.589. The fourth-order valence-electron chi connectivity index (χ4n) is 4.85. The molecule has 0 aromatic carbocycles. The normalized spacial score (nSPS) is 16.9. The highest BCUT2D eigenvalue weighted by molar-refractivity contribution is 6.04. The van der Waals surface area contributed by atoms with E-state index >= 15 is 0 Å². The van der Waals surface area contributed by atoms with Crippen LogP contribution in [0.25, 0.3) is 22.3 Å². The van der Waals surface area contributed by atoms with E-state index in [9.17, 15) is 14.7 Å². The number of aromatic nitrogens is 4. The van der Waals surface area contributed by atoms with E-state index in [0.717, 1.165) is 16.8 Å². The van der Waals surface area contributed by atoms with Crippen molar-refractivity contribution in [3.63, 3.8) is 0 Å². The Labute approximate surface area is 208 Å². The third-order valence-corrected chi connectivity index (χ3v) is 6.69. The Kier molecular flexibility index (Phi) is 5.95. The van der Waals surface area contributed by atoms with E-state index in [0.29, 0.717) is 49.2 Å². The molecule has 3 aromatic heterocycles. The van der Waals surface area contributed by atoms with Crippen LogP contribution in [0.3, 0.4) is 0 Å². The highest BCUT2D eigenvalue weighted by Crippen LogP contribution is 2.38. The van der Waals surface area contributed by atoms with Crippen molar-refractivity contribution in [2.45, 2.75) is 44.9 Å². The molecular weight excluding hydrogens is 462 g/mol. The maximum absolute atomic E-state index is 13.5. The van der Waals surface area contributed by atoms with Gasteiger partial charge in [-0.25, -0.2) is 19.7 Å². The summed E-state index contributed by atoms with van der Waals surface area (Å²) < 4.78 is 5.05. The van der Waals surface area contributed by atoms with Crippen LogP contribution in [0.2, 0.25) is 0 Å². The van der Waals surface area contributed by atoms with Gasteiger partial charge in [0.1, 0.15) is 11.1 Å². The predicted octanol–water partition coefficient (Wildman–Crippen LogP) is 2.23. The summed E-state index contributed by atoms with van der Waals surface area (Å²) in [7, 11) is 3.28. The number of urea groups is 1. The molecule has 1 fully saturated rings. The summed E-state index contributed by atoms with van der Waals surface area (Å²) in [5, 5.41) is 10.1. The lowest BCUT2D eigenvalue weighted by atomic mass is 9.98. The topological polar surface area (TPSA) is 125 Å². The van der Waals surface area contributed by atoms with Crippen molar-refractivity contribution in [2.24, 2.45) is 0 Å². The number of pyridine rings is 2. The average Bonchev–Trinajstić information content (AvgIpc) is 2.88. The first-order valence-electron chi connectivity index (χ1n) is 11.9. The zero-order chi connectivity index (χ0) is 25.6. The van der Waals surface area contributed by atoms with Crippen molar-refractivity contribution in [2.75, 3.05) is 32.1 Å². The molecule has 0 unspecified atom stereocenters. The maximum Gasteiger partial charge on any atom is 0.324 e. The lowest BCUT2D eigenvalue weighted by molar-refractivity contribution is -0.148. The molecule has 0 radical (unpaired) electrons. The van der Waals surface area contributed by atoms with Crippen LogP contribution in [-0.4, -0.2) is 85.7 Å². The molecule has 0 saturated carbocycles. The first-order valence-corrected chi connectivity index (χ1v) is 11.9. The second kappa shape index (κ2) is 8.98. The minimum atomic E-state index is -1.42. The van der Waals surface area contributed by atoms with E-state index in [4.69, 9.17) is 9.72 Å². The van der Waals surface area contributed by atoms with Crippen LogP contribution in [0.4, 0.5) is 10.5 Å². The molecule has 3 amide bonds. The summed E-state index contributed by atoms with van der Waals surface area (Å²) in [6, 6.07) is 3.78. The molecule has 36 heavy (non-hydrogen) atoms. The van der Waals surface area contributed by atoms with Crippen molar-refractivity contribution >= 4 is 28.7 Å². The van der Waals surface area contributed by atoms with E-state index in [-0.39, 0.29) is 24.0 Å². The molecule has 3 aromatic rings. The number of likely N-dealkylation sites (tertiary alicyclic amines) is 1. The second-order valence-electron chi connectivity index (χ2n) is 9.75. The van der Waals surface area contributed by atoms with Crippen molar-refractivity contribution in [3.8, 4) is 17.3 Å². The van der Waals surface area contributed by atoms with Crippen LogP contribution < -0.4 is 9.64 Å². The molecule has 0 atom stereocenters. The van der Waals surface area contributed by atoms with Crippen molar-refractivity contribution in [1.29, 1.82) is 0 Å². The number of rotatable bonds is 4. The van der Waals surface area contributed by atoms with Gasteiger partial charge in [-0.2, -0.15) is 0 Å². The number of fused-ring (bicyclic) bond motifs is 3. The lowest BCUT2D eigenvalue weighted by Gasteiger charge is -2.43. The molecule has 0 aliphatic carbocycles. The van der Waals surface area contributed by atoms with Gasteiger partial charge < -0.3 is 19.6 Å². The molecule has 188 valence electrons. The minimum absolute atomic E-state index is 0.109. The number of anilines is 1. The molecule has 0 spiro atoms. The molecule has 2 aliphatic rings. The van der Waals surface area contributed by atoms with Gasteiger partial charge in [-0.15, -0.1) is 0 Å². The standard InChI is InChI=1S/C25H29N7O4/c1-25(2,35)22(33)31-9-7-17(8-10-31)32-21-16(14-30(3)24(32)34)13-26-19-6-5-18(29-20(19)21)15-11-27-23(36-4)28-12-15/h5-6,11-13,17,35H,7-10,14H2,1-4H3. The molecule has 11 nitrogen and oxygen atoms in total. The molecule has 0 bridgehead atoms. The van der Waals surface area contributed by atoms with Crippen molar-refractivity contribution in [3.05, 3.63) is 36.3 Å². The molecule has 5 rings (SSSR count). The van der Waals surface area contributed by atoms with Gasteiger partial charge in [0, 0.05) is 55.9 Å². The number of piperidine rings is 1. The van der Waals surface area contributed by atoms with Gasteiger partial charge in [0.2, 0.25) is 0 Å². The van der Waals surface area contributed by atoms with Crippen LogP contribution in [0.5, 0.6) is 6.01 Å². The summed E-state index contributed by atoms with van der Waals surface area (Å²) >= 11 is 0. The van der Waals surface area contributed by atoms with Crippen molar-refractivity contribution in [1.82, 2.24) is 29.7 Å². The molecule has 1 saturated heterocycles. The molecular formula is C25H29N7O4. The van der Waals surface area contributed by atoms with Crippen LogP contribution >= 0.6 is 0 Å². The Morgan fingerprint density at radius 2 is 1.81 bits per heavy atom. The molecule has 11 heteroatoms. The molecule has 1 N–H and O–H groups in total. The zero-order valence-electron chi connectivity index (χ0n) is 20.8. The fourth-order valence-corrected chi connectivity index (χ4v) is 4.85. The van der Waals surface area contributed by atoms with Crippen LogP contribution in [0, 0.1) is 0 Å². The van der Waals surface area contributed by atoms with Gasteiger partial charge in [-0.1, -0.05) is 0 Å². The summed E-state index contributed by atoms with van der Waals surface area (Å²) in [6.45, 7) is 4.34. The summed E-state index contributed by atoms with van der Waals surface area (Å²) in [6.07, 6.45) is 6.29. The van der Waals surface area contributed by atoms with E-state index in [2.05, 4.69) is 15.0 Å². The monoisotopic (exact) mass is 491 g/mol. The van der Waals surface area contributed by atoms with E-state index in [1.54, 1.807) is 35.4 Å². The zero-order valence-corrected chi connectivity index (χ0v) is 20.8. The van der Waals surface area contributed by atoms with Crippen LogP contribution in [0.15, 0.2) is 30.7 Å². The SMILES string of the molecule is COc1ncc(-c2ccc3ncc4c(c3n2)N(C2CCN(C(=O)C(C)(C)O)CC2)C(=O)N(C)C4)cn1. The Hall–Kier alpha value is -3.86. The maximum atomic E-state index is 13.5. The largest absolute Gasteiger partial charge is 0.467 e. The third-order valence-electron chi connectivity index (χ3n) is 6.69. The van der Waals surface area contributed by atoms with Gasteiger partial charge in [-0.3, -0.25) is 14.7 Å². The predicted molar refractivity (Wildman–Crippen MR) is 132 cm³/mol. The van der Waals surface area contributed by atoms with Crippen molar-refractivity contribution < 1.29 is 19.4 Å². The first kappa shape index (κ1) is 23.9. The van der Waals surface area contributed by atoms with E-state index in [1.165, 1.54) is 21.0 Å². The highest BCUT2D eigenvalue weighted by atomic mass is 16.5. The van der Waals surface area contributed by atoms with Crippen LogP contribution in [-0.2, 0) is 11.3 Å². The number of hydrogen-bond donors (Lipinski definition) is 1. The Morgan fingerprint density at radius 1 is 1.11 bits per heavy atom. The minimum Gasteiger partial charge on any atom is -0.467 e. The third kappa shape index (κ3) is 4.19. The highest BCUT2D eigenvalue weighted by Gasteiger charge is 2.39. The Balaban J connectivity index is 1.53. The Bertz CT molecular complexity index is 1310. The van der Waals surface area contributed by atoms with Gasteiger partial charge in [0.05, 0.1) is 30.6 Å². The number of hydrogen-bond acceptors (Lipinski definition) is 8. The summed E-state index contributed by atoms with van der Waals surface area (Å²) in [5.74, 6) is -0.300. The number of carbonyl (C=O) groups excluding carboxylic acids is 2. The van der Waals surface area contributed by atoms with E-state index < -0.39 is 5.60 Å². The van der Waals surface area contributed by atoms with Crippen LogP contribution in [0.1, 0.15) is 32.3 Å². The number of amides is 3. The number of carbonyl (C=O) groups is 2. The molecule has 2 aliphatic heterocycles. The molecule has 5 heterocycles. The van der Waals surface area contributed by atoms with Gasteiger partial charge in [0.15, 0.2) is 0 Å². The van der Waals surface area contributed by atoms with Gasteiger partial charge in [0.25, 0.3) is 5.91 Å². The lowest BCUT2D eigenvalue weighted by Crippen LogP contribution is -2.56. The fraction of sp³-hybridized carbons (Fsp3) is 0.440. The number of aliphatic hydroxyl groups is 1. The Morgan fingerprint density at radius 3 is 2.44 bits per heavy atom. The first-order chi connectivity index (χ1) is 17.2. The van der Waals surface area contributed by atoms with Gasteiger partial charge >= 0.3 is 12.0 Å². The van der Waals surface area contributed by atoms with E-state index in [1.807, 2.05) is 17.0 Å². The smallest absolute Gasteiger partial charge is 0.324 e. The average molecular weight is 492 g/mol. The summed E-state index contributed by atoms with van der Waals surface area (Å²) in [4.78, 5) is 49.0.